The van der Waals surface area contributed by atoms with E-state index in [0.717, 1.165) is 15.4 Å². The van der Waals surface area contributed by atoms with E-state index < -0.39 is 22.7 Å². The number of rotatable bonds is 2. The molecule has 0 aliphatic heterocycles. The first-order chi connectivity index (χ1) is 8.80. The second-order valence-corrected chi connectivity index (χ2v) is 5.96. The van der Waals surface area contributed by atoms with Crippen molar-refractivity contribution in [1.29, 1.82) is 0 Å². The fraction of sp³-hybridized carbons (Fsp3) is 0.182. The molecule has 0 aliphatic carbocycles. The lowest BCUT2D eigenvalue weighted by Gasteiger charge is -2.11. The van der Waals surface area contributed by atoms with Crippen molar-refractivity contribution >= 4 is 26.7 Å². The normalized spacial score (nSPS) is 13.5. The largest absolute Gasteiger partial charge is 0.434 e. The van der Waals surface area contributed by atoms with E-state index in [1.54, 1.807) is 12.1 Å². The lowest BCUT2D eigenvalue weighted by molar-refractivity contribution is -0.145. The van der Waals surface area contributed by atoms with Gasteiger partial charge in [-0.05, 0) is 24.3 Å². The van der Waals surface area contributed by atoms with Gasteiger partial charge in [0.05, 0.1) is 27.6 Å². The van der Waals surface area contributed by atoms with Gasteiger partial charge in [-0.15, -0.1) is 0 Å². The number of halogens is 4. The second kappa shape index (κ2) is 5.09. The molecule has 2 aromatic rings. The van der Waals surface area contributed by atoms with E-state index in [2.05, 4.69) is 21.0 Å². The second-order valence-electron chi connectivity index (χ2n) is 3.70. The van der Waals surface area contributed by atoms with E-state index in [0.29, 0.717) is 0 Å². The van der Waals surface area contributed by atoms with Gasteiger partial charge in [0.15, 0.2) is 5.69 Å². The molecule has 19 heavy (non-hydrogen) atoms. The molecular weight excluding hydrogens is 345 g/mol. The Bertz CT molecular complexity index is 622. The van der Waals surface area contributed by atoms with E-state index in [9.17, 15) is 17.4 Å². The Labute approximate surface area is 118 Å². The Morgan fingerprint density at radius 1 is 1.26 bits per heavy atom. The highest BCUT2D eigenvalue weighted by Crippen LogP contribution is 2.34. The summed E-state index contributed by atoms with van der Waals surface area (Å²) in [5.74, 6) is 0. The van der Waals surface area contributed by atoms with Gasteiger partial charge < -0.3 is 0 Å². The van der Waals surface area contributed by atoms with Gasteiger partial charge in [-0.3, -0.25) is 4.21 Å². The van der Waals surface area contributed by atoms with Crippen LogP contribution in [0.1, 0.15) is 5.69 Å². The summed E-state index contributed by atoms with van der Waals surface area (Å²) in [5.41, 5.74) is -0.747. The van der Waals surface area contributed by atoms with Crippen molar-refractivity contribution in [2.75, 3.05) is 6.26 Å². The lowest BCUT2D eigenvalue weighted by atomic mass is 10.3. The average molecular weight is 353 g/mol. The van der Waals surface area contributed by atoms with Crippen LogP contribution in [0.5, 0.6) is 0 Å². The van der Waals surface area contributed by atoms with Gasteiger partial charge in [0, 0.05) is 10.7 Å². The third kappa shape index (κ3) is 2.89. The summed E-state index contributed by atoms with van der Waals surface area (Å²) < 4.78 is 52.1. The van der Waals surface area contributed by atoms with E-state index in [1.165, 1.54) is 18.4 Å². The van der Waals surface area contributed by atoms with Gasteiger partial charge in [0.25, 0.3) is 0 Å². The molecule has 1 heterocycles. The SMILES string of the molecule is CS(=O)c1cnn(-c2ccc(Br)cc2)c1C(F)(F)F. The molecule has 0 aliphatic rings. The summed E-state index contributed by atoms with van der Waals surface area (Å²) in [6.07, 6.45) is -2.44. The third-order valence-electron chi connectivity index (χ3n) is 2.39. The zero-order valence-corrected chi connectivity index (χ0v) is 12.0. The van der Waals surface area contributed by atoms with E-state index in [4.69, 9.17) is 0 Å². The molecule has 1 aromatic heterocycles. The third-order valence-corrected chi connectivity index (χ3v) is 3.83. The van der Waals surface area contributed by atoms with Crippen LogP contribution in [-0.2, 0) is 17.0 Å². The number of benzene rings is 1. The molecule has 0 N–H and O–H groups in total. The molecule has 0 spiro atoms. The van der Waals surface area contributed by atoms with Gasteiger partial charge in [-0.25, -0.2) is 4.68 Å². The van der Waals surface area contributed by atoms with Crippen LogP contribution in [0.25, 0.3) is 5.69 Å². The van der Waals surface area contributed by atoms with Gasteiger partial charge in [-0.2, -0.15) is 18.3 Å². The molecular formula is C11H8BrF3N2OS. The minimum atomic E-state index is -4.62. The first kappa shape index (κ1) is 14.3. The molecule has 1 atom stereocenters. The van der Waals surface area contributed by atoms with Crippen molar-refractivity contribution in [2.45, 2.75) is 11.1 Å². The average Bonchev–Trinajstić information content (AvgIpc) is 2.74. The van der Waals surface area contributed by atoms with Gasteiger partial charge in [0.2, 0.25) is 0 Å². The first-order valence-corrected chi connectivity index (χ1v) is 7.40. The number of nitrogens with zero attached hydrogens (tertiary/aromatic N) is 2. The van der Waals surface area contributed by atoms with Crippen LogP contribution >= 0.6 is 15.9 Å². The predicted molar refractivity (Wildman–Crippen MR) is 68.6 cm³/mol. The highest BCUT2D eigenvalue weighted by molar-refractivity contribution is 9.10. The van der Waals surface area contributed by atoms with Crippen LogP contribution in [0.3, 0.4) is 0 Å². The van der Waals surface area contributed by atoms with E-state index >= 15 is 0 Å². The van der Waals surface area contributed by atoms with Crippen molar-refractivity contribution in [2.24, 2.45) is 0 Å². The molecule has 0 bridgehead atoms. The molecule has 3 nitrogen and oxygen atoms in total. The maximum Gasteiger partial charge on any atom is 0.434 e. The number of hydrogen-bond donors (Lipinski definition) is 0. The van der Waals surface area contributed by atoms with Gasteiger partial charge in [-0.1, -0.05) is 15.9 Å². The zero-order valence-electron chi connectivity index (χ0n) is 9.61. The summed E-state index contributed by atoms with van der Waals surface area (Å²) in [6, 6.07) is 6.21. The molecule has 0 amide bonds. The molecule has 0 saturated heterocycles. The van der Waals surface area contributed by atoms with Crippen molar-refractivity contribution in [3.8, 4) is 5.69 Å². The van der Waals surface area contributed by atoms with Crippen LogP contribution in [-0.4, -0.2) is 20.2 Å². The Morgan fingerprint density at radius 2 is 1.84 bits per heavy atom. The topological polar surface area (TPSA) is 34.9 Å². The van der Waals surface area contributed by atoms with Crippen LogP contribution in [0.15, 0.2) is 39.8 Å². The van der Waals surface area contributed by atoms with Gasteiger partial charge >= 0.3 is 6.18 Å². The molecule has 1 unspecified atom stereocenters. The highest BCUT2D eigenvalue weighted by Gasteiger charge is 2.39. The molecule has 0 radical (unpaired) electrons. The van der Waals surface area contributed by atoms with Crippen LogP contribution in [0, 0.1) is 0 Å². The minimum Gasteiger partial charge on any atom is -0.255 e. The molecule has 2 rings (SSSR count). The van der Waals surface area contributed by atoms with Gasteiger partial charge in [0.1, 0.15) is 0 Å². The maximum atomic E-state index is 13.1. The summed E-state index contributed by atoms with van der Waals surface area (Å²) >= 11 is 3.20. The number of alkyl halides is 3. The van der Waals surface area contributed by atoms with Crippen molar-refractivity contribution < 1.29 is 17.4 Å². The molecule has 0 fully saturated rings. The number of hydrogen-bond acceptors (Lipinski definition) is 2. The summed E-state index contributed by atoms with van der Waals surface area (Å²) in [5, 5.41) is 3.69. The first-order valence-electron chi connectivity index (χ1n) is 5.05. The Balaban J connectivity index is 2.64. The van der Waals surface area contributed by atoms with Crippen LogP contribution in [0.2, 0.25) is 0 Å². The maximum absolute atomic E-state index is 13.1. The quantitative estimate of drug-likeness (QED) is 0.830. The molecule has 8 heteroatoms. The van der Waals surface area contributed by atoms with Crippen molar-refractivity contribution in [1.82, 2.24) is 9.78 Å². The molecule has 1 aromatic carbocycles. The summed E-state index contributed by atoms with van der Waals surface area (Å²) in [7, 11) is -1.76. The van der Waals surface area contributed by atoms with E-state index in [1.807, 2.05) is 0 Å². The monoisotopic (exact) mass is 352 g/mol. The number of aromatic nitrogens is 2. The van der Waals surface area contributed by atoms with Crippen molar-refractivity contribution in [3.63, 3.8) is 0 Å². The van der Waals surface area contributed by atoms with Crippen LogP contribution < -0.4 is 0 Å². The van der Waals surface area contributed by atoms with Crippen molar-refractivity contribution in [3.05, 3.63) is 40.6 Å². The van der Waals surface area contributed by atoms with Crippen LogP contribution in [0.4, 0.5) is 13.2 Å². The fourth-order valence-electron chi connectivity index (χ4n) is 1.58. The summed E-state index contributed by atoms with van der Waals surface area (Å²) in [4.78, 5) is -0.324. The zero-order chi connectivity index (χ0) is 14.2. The molecule has 102 valence electrons. The standard InChI is InChI=1S/C11H8BrF3N2OS/c1-19(18)9-6-16-17(10(9)11(13,14)15)8-4-2-7(12)3-5-8/h2-6H,1H3. The lowest BCUT2D eigenvalue weighted by Crippen LogP contribution is -2.15. The smallest absolute Gasteiger partial charge is 0.255 e. The Kier molecular flexibility index (Phi) is 3.82. The Morgan fingerprint density at radius 3 is 2.32 bits per heavy atom. The minimum absolute atomic E-state index is 0.257. The Hall–Kier alpha value is -1.15. The molecule has 0 saturated carbocycles. The fourth-order valence-corrected chi connectivity index (χ4v) is 2.52. The van der Waals surface area contributed by atoms with E-state index in [-0.39, 0.29) is 10.6 Å². The highest BCUT2D eigenvalue weighted by atomic mass is 79.9. The summed E-state index contributed by atoms with van der Waals surface area (Å²) in [6.45, 7) is 0. The predicted octanol–water partition coefficient (Wildman–Crippen LogP) is 3.39.